The third-order valence-corrected chi connectivity index (χ3v) is 2.46. The van der Waals surface area contributed by atoms with E-state index in [2.05, 4.69) is 15.4 Å². The summed E-state index contributed by atoms with van der Waals surface area (Å²) in [4.78, 5) is 4.11. The second kappa shape index (κ2) is 6.02. The van der Waals surface area contributed by atoms with E-state index < -0.39 is 0 Å². The van der Waals surface area contributed by atoms with Crippen LogP contribution in [0, 0.1) is 0 Å². The van der Waals surface area contributed by atoms with Crippen molar-refractivity contribution < 1.29 is 9.84 Å². The highest BCUT2D eigenvalue weighted by atomic mass is 16.5. The molecule has 0 atom stereocenters. The molecule has 2 rings (SSSR count). The number of aliphatic hydroxyl groups is 1. The van der Waals surface area contributed by atoms with Crippen molar-refractivity contribution in [1.29, 1.82) is 0 Å². The second-order valence-corrected chi connectivity index (χ2v) is 3.75. The van der Waals surface area contributed by atoms with Gasteiger partial charge in [-0.1, -0.05) is 0 Å². The molecule has 6 heteroatoms. The summed E-state index contributed by atoms with van der Waals surface area (Å²) in [5.74, 6) is 0.570. The summed E-state index contributed by atoms with van der Waals surface area (Å²) < 4.78 is 6.86. The van der Waals surface area contributed by atoms with E-state index in [1.807, 2.05) is 18.3 Å². The molecule has 18 heavy (non-hydrogen) atoms. The van der Waals surface area contributed by atoms with Gasteiger partial charge in [-0.3, -0.25) is 4.68 Å². The molecular formula is C12H16N4O2. The lowest BCUT2D eigenvalue weighted by Gasteiger charge is -2.08. The Kier molecular flexibility index (Phi) is 4.14. The predicted molar refractivity (Wildman–Crippen MR) is 67.4 cm³/mol. The Morgan fingerprint density at radius 1 is 1.50 bits per heavy atom. The van der Waals surface area contributed by atoms with Crippen molar-refractivity contribution in [2.45, 2.75) is 13.1 Å². The van der Waals surface area contributed by atoms with Crippen LogP contribution in [0.25, 0.3) is 0 Å². The first-order valence-electron chi connectivity index (χ1n) is 5.68. The lowest BCUT2D eigenvalue weighted by molar-refractivity contribution is 0.269. The monoisotopic (exact) mass is 248 g/mol. The number of nitrogens with one attached hydrogen (secondary N) is 1. The van der Waals surface area contributed by atoms with Crippen molar-refractivity contribution in [1.82, 2.24) is 14.8 Å². The number of aliphatic hydroxyl groups excluding tert-OH is 1. The maximum absolute atomic E-state index is 8.80. The Morgan fingerprint density at radius 3 is 3.17 bits per heavy atom. The molecule has 0 unspecified atom stereocenters. The van der Waals surface area contributed by atoms with Crippen molar-refractivity contribution >= 4 is 5.69 Å². The molecule has 0 aliphatic carbocycles. The first kappa shape index (κ1) is 12.4. The quantitative estimate of drug-likeness (QED) is 0.794. The molecule has 0 saturated carbocycles. The number of hydrogen-bond donors (Lipinski definition) is 2. The van der Waals surface area contributed by atoms with Gasteiger partial charge in [0.05, 0.1) is 32.1 Å². The van der Waals surface area contributed by atoms with Crippen LogP contribution in [0.3, 0.4) is 0 Å². The molecule has 2 aromatic heterocycles. The highest BCUT2D eigenvalue weighted by Crippen LogP contribution is 2.20. The third kappa shape index (κ3) is 2.98. The number of aromatic nitrogens is 3. The van der Waals surface area contributed by atoms with E-state index in [1.165, 1.54) is 0 Å². The van der Waals surface area contributed by atoms with Gasteiger partial charge in [0.15, 0.2) is 0 Å². The molecule has 0 aliphatic heterocycles. The summed E-state index contributed by atoms with van der Waals surface area (Å²) in [5, 5.41) is 16.2. The van der Waals surface area contributed by atoms with Crippen LogP contribution in [0.5, 0.6) is 5.88 Å². The number of rotatable bonds is 6. The molecule has 6 nitrogen and oxygen atoms in total. The minimum Gasteiger partial charge on any atom is -0.480 e. The van der Waals surface area contributed by atoms with Gasteiger partial charge in [-0.05, 0) is 12.1 Å². The average molecular weight is 248 g/mol. The van der Waals surface area contributed by atoms with Gasteiger partial charge in [0.2, 0.25) is 5.88 Å². The van der Waals surface area contributed by atoms with E-state index in [-0.39, 0.29) is 6.61 Å². The standard InChI is InChI=1S/C12H16N4O2/c1-18-12-11(3-2-4-13-12)14-7-10-8-15-16(9-10)5-6-17/h2-4,8-9,14,17H,5-7H2,1H3. The maximum atomic E-state index is 8.80. The highest BCUT2D eigenvalue weighted by molar-refractivity contribution is 5.52. The van der Waals surface area contributed by atoms with Crippen LogP contribution >= 0.6 is 0 Å². The van der Waals surface area contributed by atoms with Crippen LogP contribution in [-0.2, 0) is 13.1 Å². The third-order valence-electron chi connectivity index (χ3n) is 2.46. The van der Waals surface area contributed by atoms with Gasteiger partial charge >= 0.3 is 0 Å². The zero-order valence-electron chi connectivity index (χ0n) is 10.2. The molecule has 0 fully saturated rings. The number of pyridine rings is 1. The fraction of sp³-hybridized carbons (Fsp3) is 0.333. The summed E-state index contributed by atoms with van der Waals surface area (Å²) in [6.45, 7) is 1.23. The number of hydrogen-bond acceptors (Lipinski definition) is 5. The van der Waals surface area contributed by atoms with Crippen molar-refractivity contribution in [3.05, 3.63) is 36.3 Å². The zero-order valence-corrected chi connectivity index (χ0v) is 10.2. The summed E-state index contributed by atoms with van der Waals surface area (Å²) in [5.41, 5.74) is 1.88. The molecule has 0 aliphatic rings. The van der Waals surface area contributed by atoms with Crippen LogP contribution in [0.4, 0.5) is 5.69 Å². The molecule has 2 aromatic rings. The highest BCUT2D eigenvalue weighted by Gasteiger charge is 2.03. The summed E-state index contributed by atoms with van der Waals surface area (Å²) in [7, 11) is 1.59. The van der Waals surface area contributed by atoms with Gasteiger partial charge in [-0.25, -0.2) is 4.98 Å². The van der Waals surface area contributed by atoms with Crippen molar-refractivity contribution in [2.75, 3.05) is 19.0 Å². The Balaban J connectivity index is 1.97. The molecule has 0 radical (unpaired) electrons. The second-order valence-electron chi connectivity index (χ2n) is 3.75. The van der Waals surface area contributed by atoms with E-state index in [1.54, 1.807) is 24.2 Å². The lowest BCUT2D eigenvalue weighted by atomic mass is 10.3. The van der Waals surface area contributed by atoms with E-state index in [0.717, 1.165) is 11.3 Å². The molecule has 0 amide bonds. The maximum Gasteiger partial charge on any atom is 0.237 e. The number of nitrogens with zero attached hydrogens (tertiary/aromatic N) is 3. The topological polar surface area (TPSA) is 72.2 Å². The van der Waals surface area contributed by atoms with Crippen LogP contribution in [0.1, 0.15) is 5.56 Å². The normalized spacial score (nSPS) is 10.3. The molecule has 0 saturated heterocycles. The summed E-state index contributed by atoms with van der Waals surface area (Å²) >= 11 is 0. The summed E-state index contributed by atoms with van der Waals surface area (Å²) in [6.07, 6.45) is 5.35. The molecule has 2 heterocycles. The average Bonchev–Trinajstić information content (AvgIpc) is 2.85. The van der Waals surface area contributed by atoms with Crippen LogP contribution in [0.2, 0.25) is 0 Å². The number of anilines is 1. The van der Waals surface area contributed by atoms with Crippen molar-refractivity contribution in [2.24, 2.45) is 0 Å². The van der Waals surface area contributed by atoms with Crippen LogP contribution in [0.15, 0.2) is 30.7 Å². The van der Waals surface area contributed by atoms with Gasteiger partial charge in [-0.15, -0.1) is 0 Å². The first-order chi connectivity index (χ1) is 8.83. The van der Waals surface area contributed by atoms with Crippen LogP contribution in [-0.4, -0.2) is 33.6 Å². The summed E-state index contributed by atoms with van der Waals surface area (Å²) in [6, 6.07) is 3.75. The van der Waals surface area contributed by atoms with Gasteiger partial charge < -0.3 is 15.2 Å². The molecule has 96 valence electrons. The van der Waals surface area contributed by atoms with Gasteiger partial charge in [-0.2, -0.15) is 5.10 Å². The molecule has 0 spiro atoms. The minimum atomic E-state index is 0.0883. The van der Waals surface area contributed by atoms with E-state index in [9.17, 15) is 0 Å². The van der Waals surface area contributed by atoms with E-state index in [0.29, 0.717) is 19.0 Å². The predicted octanol–water partition coefficient (Wildman–Crippen LogP) is 0.891. The Morgan fingerprint density at radius 2 is 2.39 bits per heavy atom. The Bertz CT molecular complexity index is 498. The fourth-order valence-corrected chi connectivity index (χ4v) is 1.61. The first-order valence-corrected chi connectivity index (χ1v) is 5.68. The van der Waals surface area contributed by atoms with Crippen molar-refractivity contribution in [3.63, 3.8) is 0 Å². The van der Waals surface area contributed by atoms with Crippen LogP contribution < -0.4 is 10.1 Å². The Labute approximate surface area is 105 Å². The van der Waals surface area contributed by atoms with Gasteiger partial charge in [0, 0.05) is 24.5 Å². The largest absolute Gasteiger partial charge is 0.480 e. The van der Waals surface area contributed by atoms with E-state index in [4.69, 9.17) is 9.84 Å². The fourth-order valence-electron chi connectivity index (χ4n) is 1.61. The zero-order chi connectivity index (χ0) is 12.8. The number of ether oxygens (including phenoxy) is 1. The number of methoxy groups -OCH3 is 1. The molecule has 2 N–H and O–H groups in total. The van der Waals surface area contributed by atoms with Crippen molar-refractivity contribution in [3.8, 4) is 5.88 Å². The Hall–Kier alpha value is -2.08. The minimum absolute atomic E-state index is 0.0883. The van der Waals surface area contributed by atoms with Gasteiger partial charge in [0.1, 0.15) is 0 Å². The van der Waals surface area contributed by atoms with Gasteiger partial charge in [0.25, 0.3) is 0 Å². The lowest BCUT2D eigenvalue weighted by Crippen LogP contribution is -2.03. The molecular weight excluding hydrogens is 232 g/mol. The smallest absolute Gasteiger partial charge is 0.237 e. The SMILES string of the molecule is COc1ncccc1NCc1cnn(CCO)c1. The molecule has 0 aromatic carbocycles. The molecule has 0 bridgehead atoms. The van der Waals surface area contributed by atoms with E-state index >= 15 is 0 Å².